The number of furan rings is 1. The van der Waals surface area contributed by atoms with Crippen molar-refractivity contribution in [1.82, 2.24) is 5.27 Å². The first-order chi connectivity index (χ1) is 11.1. The molecular weight excluding hydrogens is 300 g/mol. The maximum atomic E-state index is 11.7. The van der Waals surface area contributed by atoms with Crippen molar-refractivity contribution < 1.29 is 18.7 Å². The van der Waals surface area contributed by atoms with Crippen molar-refractivity contribution in [3.8, 4) is 5.69 Å². The molecule has 2 aromatic heterocycles. The fourth-order valence-corrected chi connectivity index (χ4v) is 1.87. The Morgan fingerprint density at radius 2 is 2.00 bits per heavy atom. The van der Waals surface area contributed by atoms with Gasteiger partial charge in [0.25, 0.3) is 6.20 Å². The molecule has 0 saturated carbocycles. The van der Waals surface area contributed by atoms with Gasteiger partial charge in [-0.2, -0.15) is 10.2 Å². The highest BCUT2D eigenvalue weighted by Gasteiger charge is 2.10. The van der Waals surface area contributed by atoms with Crippen LogP contribution in [0, 0.1) is 0 Å². The van der Waals surface area contributed by atoms with E-state index in [2.05, 4.69) is 20.0 Å². The molecule has 0 unspecified atom stereocenters. The maximum absolute atomic E-state index is 11.7. The Morgan fingerprint density at radius 1 is 1.22 bits per heavy atom. The van der Waals surface area contributed by atoms with E-state index < -0.39 is 11.5 Å². The van der Waals surface area contributed by atoms with Crippen LogP contribution < -0.4 is 15.4 Å². The maximum Gasteiger partial charge on any atom is 0.427 e. The predicted octanol–water partition coefficient (Wildman–Crippen LogP) is 0.369. The van der Waals surface area contributed by atoms with Gasteiger partial charge in [0.05, 0.1) is 17.9 Å². The third-order valence-electron chi connectivity index (χ3n) is 3.07. The lowest BCUT2D eigenvalue weighted by Crippen LogP contribution is -2.32. The van der Waals surface area contributed by atoms with Crippen molar-refractivity contribution in [3.05, 3.63) is 70.6 Å². The molecule has 23 heavy (non-hydrogen) atoms. The second kappa shape index (κ2) is 6.14. The van der Waals surface area contributed by atoms with Gasteiger partial charge >= 0.3 is 5.63 Å². The number of aromatic nitrogens is 2. The molecule has 1 aromatic carbocycles. The van der Waals surface area contributed by atoms with Gasteiger partial charge in [-0.15, -0.1) is 0 Å². The molecule has 3 rings (SSSR count). The van der Waals surface area contributed by atoms with Gasteiger partial charge in [0.1, 0.15) is 5.76 Å². The minimum absolute atomic E-state index is 0.136. The molecule has 1 N–H and O–H groups in total. The third-order valence-corrected chi connectivity index (χ3v) is 3.07. The summed E-state index contributed by atoms with van der Waals surface area (Å²) in [6, 6.07) is 10.3. The number of H-pyrrole nitrogens is 1. The molecule has 0 radical (unpaired) electrons. The first kappa shape index (κ1) is 14.5. The lowest BCUT2D eigenvalue weighted by molar-refractivity contribution is -0.670. The normalized spacial score (nSPS) is 12.6. The van der Waals surface area contributed by atoms with E-state index in [1.807, 2.05) is 0 Å². The first-order valence-corrected chi connectivity index (χ1v) is 6.67. The minimum Gasteiger partial charge on any atom is -0.855 e. The van der Waals surface area contributed by atoms with Gasteiger partial charge in [0.2, 0.25) is 5.69 Å². The van der Waals surface area contributed by atoms with Gasteiger partial charge < -0.3 is 9.52 Å². The molecule has 0 aliphatic carbocycles. The van der Waals surface area contributed by atoms with Crippen LogP contribution in [0.2, 0.25) is 0 Å². The molecule has 0 atom stereocenters. The van der Waals surface area contributed by atoms with Crippen molar-refractivity contribution in [2.24, 2.45) is 10.2 Å². The molecular formula is C15H12N4O4. The lowest BCUT2D eigenvalue weighted by atomic mass is 10.1. The van der Waals surface area contributed by atoms with E-state index in [1.54, 1.807) is 37.3 Å². The van der Waals surface area contributed by atoms with Crippen molar-refractivity contribution in [2.45, 2.75) is 6.92 Å². The number of hydrogen-bond acceptors (Lipinski definition) is 6. The highest BCUT2D eigenvalue weighted by Crippen LogP contribution is 2.06. The summed E-state index contributed by atoms with van der Waals surface area (Å²) in [7, 11) is 0. The number of benzene rings is 1. The molecule has 116 valence electrons. The summed E-state index contributed by atoms with van der Waals surface area (Å²) in [6.07, 6.45) is 2.68. The van der Waals surface area contributed by atoms with Crippen LogP contribution in [-0.2, 0) is 0 Å². The number of nitrogens with one attached hydrogen (secondary N) is 1. The molecule has 8 nitrogen and oxygen atoms in total. The Balaban J connectivity index is 1.80. The molecule has 0 saturated heterocycles. The SMILES string of the molecule is C/C(=N\N=C(/[O-])c1ccco1)c1ccc(-[n+]2cc(=O)o[nH]2)cc1. The van der Waals surface area contributed by atoms with Crippen molar-refractivity contribution >= 4 is 11.6 Å². The lowest BCUT2D eigenvalue weighted by Gasteiger charge is -2.04. The van der Waals surface area contributed by atoms with E-state index in [-0.39, 0.29) is 5.76 Å². The summed E-state index contributed by atoms with van der Waals surface area (Å²) < 4.78 is 11.0. The smallest absolute Gasteiger partial charge is 0.427 e. The molecule has 0 spiro atoms. The van der Waals surface area contributed by atoms with E-state index >= 15 is 0 Å². The zero-order valence-electron chi connectivity index (χ0n) is 12.1. The average molecular weight is 312 g/mol. The largest absolute Gasteiger partial charge is 0.855 e. The Bertz CT molecular complexity index is 902. The van der Waals surface area contributed by atoms with Crippen LogP contribution >= 0.6 is 0 Å². The van der Waals surface area contributed by atoms with Crippen LogP contribution in [0.25, 0.3) is 5.69 Å². The fraction of sp³-hybridized carbons (Fsp3) is 0.0667. The number of hydrogen-bond donors (Lipinski definition) is 1. The molecule has 0 amide bonds. The average Bonchev–Trinajstić information content (AvgIpc) is 3.24. The quantitative estimate of drug-likeness (QED) is 0.324. The van der Waals surface area contributed by atoms with E-state index in [4.69, 9.17) is 4.42 Å². The summed E-state index contributed by atoms with van der Waals surface area (Å²) in [6.45, 7) is 1.74. The highest BCUT2D eigenvalue weighted by molar-refractivity contribution is 5.99. The predicted molar refractivity (Wildman–Crippen MR) is 78.3 cm³/mol. The van der Waals surface area contributed by atoms with Crippen LogP contribution in [0.1, 0.15) is 18.2 Å². The molecule has 3 aromatic rings. The van der Waals surface area contributed by atoms with E-state index in [0.717, 1.165) is 11.3 Å². The van der Waals surface area contributed by atoms with Crippen LogP contribution in [0.4, 0.5) is 0 Å². The summed E-state index contributed by atoms with van der Waals surface area (Å²) in [5, 5.41) is 21.6. The summed E-state index contributed by atoms with van der Waals surface area (Å²) >= 11 is 0. The Hall–Kier alpha value is -3.42. The zero-order valence-corrected chi connectivity index (χ0v) is 12.1. The second-order valence-corrected chi connectivity index (χ2v) is 4.63. The van der Waals surface area contributed by atoms with Gasteiger partial charge in [-0.3, -0.25) is 4.52 Å². The van der Waals surface area contributed by atoms with Gasteiger partial charge in [-0.25, -0.2) is 4.79 Å². The Morgan fingerprint density at radius 3 is 2.61 bits per heavy atom. The Kier molecular flexibility index (Phi) is 3.88. The summed E-state index contributed by atoms with van der Waals surface area (Å²) in [5.74, 6) is -0.408. The van der Waals surface area contributed by atoms with Gasteiger partial charge in [-0.05, 0) is 46.7 Å². The summed E-state index contributed by atoms with van der Waals surface area (Å²) in [4.78, 5) is 11.0. The van der Waals surface area contributed by atoms with Crippen LogP contribution in [0.5, 0.6) is 0 Å². The standard InChI is InChI=1S/C15H12N4O4/c1-10(16-17-15(21)13-3-2-8-22-13)11-4-6-12(7-5-11)19-9-14(20)23-18-19/h2-9H,1H3,(H-,17,18,20,21). The van der Waals surface area contributed by atoms with Crippen molar-refractivity contribution in [2.75, 3.05) is 0 Å². The fourth-order valence-electron chi connectivity index (χ4n) is 1.87. The molecule has 0 aliphatic rings. The number of rotatable bonds is 4. The topological polar surface area (TPSA) is 111 Å². The van der Waals surface area contributed by atoms with Gasteiger partial charge in [-0.1, -0.05) is 0 Å². The van der Waals surface area contributed by atoms with Crippen molar-refractivity contribution in [1.29, 1.82) is 0 Å². The molecule has 2 heterocycles. The van der Waals surface area contributed by atoms with E-state index in [0.29, 0.717) is 5.71 Å². The molecule has 8 heteroatoms. The monoisotopic (exact) mass is 312 g/mol. The second-order valence-electron chi connectivity index (χ2n) is 4.63. The van der Waals surface area contributed by atoms with Crippen molar-refractivity contribution in [3.63, 3.8) is 0 Å². The molecule has 0 fully saturated rings. The van der Waals surface area contributed by atoms with Gasteiger partial charge in [0, 0.05) is 12.1 Å². The first-order valence-electron chi connectivity index (χ1n) is 6.67. The van der Waals surface area contributed by atoms with E-state index in [9.17, 15) is 9.90 Å². The number of nitrogens with zero attached hydrogens (tertiary/aromatic N) is 3. The Labute approximate surface area is 130 Å². The molecule has 0 bridgehead atoms. The van der Waals surface area contributed by atoms with E-state index in [1.165, 1.54) is 23.2 Å². The zero-order chi connectivity index (χ0) is 16.2. The van der Waals surface area contributed by atoms with Crippen LogP contribution in [0.3, 0.4) is 0 Å². The van der Waals surface area contributed by atoms with Crippen LogP contribution in [0.15, 0.2) is 72.8 Å². The third kappa shape index (κ3) is 3.26. The summed E-state index contributed by atoms with van der Waals surface area (Å²) in [5.41, 5.74) is 1.61. The minimum atomic E-state index is -0.544. The highest BCUT2D eigenvalue weighted by atomic mass is 16.5. The molecule has 0 aliphatic heterocycles. The van der Waals surface area contributed by atoms with Gasteiger partial charge in [0.15, 0.2) is 0 Å². The number of aromatic amines is 1. The van der Waals surface area contributed by atoms with Crippen LogP contribution in [-0.4, -0.2) is 16.9 Å².